The monoisotopic (exact) mass is 298 g/mol. The summed E-state index contributed by atoms with van der Waals surface area (Å²) >= 11 is 6.02. The molecule has 5 nitrogen and oxygen atoms in total. The van der Waals surface area contributed by atoms with Crippen molar-refractivity contribution in [3.63, 3.8) is 0 Å². The number of carbonyl (C=O) groups is 1. The molecule has 6 heteroatoms. The molecule has 0 fully saturated rings. The summed E-state index contributed by atoms with van der Waals surface area (Å²) in [5.74, 6) is -0.0861. The maximum Gasteiger partial charge on any atom is 0.251 e. The molecule has 1 amide bonds. The molecule has 1 aromatic heterocycles. The standard InChI is InChI=1S/C15H11ClN4O/c16-9-2-4-12-11(5-9)14(15(21)19-12)18-10-3-1-8-7-17-20-13(8)6-10/h1-7,14,18H,(H,17,20)(H,19,21). The van der Waals surface area contributed by atoms with Crippen LogP contribution in [0.3, 0.4) is 0 Å². The second-order valence-corrected chi connectivity index (χ2v) is 5.41. The van der Waals surface area contributed by atoms with Crippen molar-refractivity contribution in [1.29, 1.82) is 0 Å². The molecule has 21 heavy (non-hydrogen) atoms. The predicted molar refractivity (Wildman–Crippen MR) is 82.5 cm³/mol. The number of H-pyrrole nitrogens is 1. The number of aromatic amines is 1. The normalized spacial score (nSPS) is 16.8. The molecule has 1 aliphatic rings. The quantitative estimate of drug-likeness (QED) is 0.680. The van der Waals surface area contributed by atoms with Crippen LogP contribution < -0.4 is 10.6 Å². The zero-order valence-corrected chi connectivity index (χ0v) is 11.6. The lowest BCUT2D eigenvalue weighted by molar-refractivity contribution is -0.116. The fourth-order valence-corrected chi connectivity index (χ4v) is 2.75. The molecule has 0 spiro atoms. The van der Waals surface area contributed by atoms with Gasteiger partial charge in [0, 0.05) is 27.3 Å². The summed E-state index contributed by atoms with van der Waals surface area (Å²) in [7, 11) is 0. The summed E-state index contributed by atoms with van der Waals surface area (Å²) in [5.41, 5.74) is 3.42. The summed E-state index contributed by atoms with van der Waals surface area (Å²) in [6, 6.07) is 10.7. The molecular weight excluding hydrogens is 288 g/mol. The number of benzene rings is 2. The Morgan fingerprint density at radius 3 is 3.00 bits per heavy atom. The molecule has 0 saturated heterocycles. The number of fused-ring (bicyclic) bond motifs is 2. The van der Waals surface area contributed by atoms with E-state index in [4.69, 9.17) is 11.6 Å². The Morgan fingerprint density at radius 1 is 1.19 bits per heavy atom. The number of hydrogen-bond donors (Lipinski definition) is 3. The molecule has 0 saturated carbocycles. The Hall–Kier alpha value is -2.53. The minimum absolute atomic E-state index is 0.0861. The third kappa shape index (κ3) is 2.02. The summed E-state index contributed by atoms with van der Waals surface area (Å²) in [5, 5.41) is 14.6. The van der Waals surface area contributed by atoms with Crippen LogP contribution in [0.4, 0.5) is 11.4 Å². The largest absolute Gasteiger partial charge is 0.370 e. The number of halogens is 1. The van der Waals surface area contributed by atoms with Crippen molar-refractivity contribution < 1.29 is 4.79 Å². The van der Waals surface area contributed by atoms with Gasteiger partial charge in [-0.25, -0.2) is 0 Å². The van der Waals surface area contributed by atoms with Crippen molar-refractivity contribution in [1.82, 2.24) is 10.2 Å². The third-order valence-electron chi connectivity index (χ3n) is 3.60. The van der Waals surface area contributed by atoms with E-state index in [1.807, 2.05) is 24.3 Å². The topological polar surface area (TPSA) is 69.8 Å². The average molecular weight is 299 g/mol. The lowest BCUT2D eigenvalue weighted by Crippen LogP contribution is -2.19. The highest BCUT2D eigenvalue weighted by Gasteiger charge is 2.30. The van der Waals surface area contributed by atoms with Gasteiger partial charge in [-0.1, -0.05) is 11.6 Å². The third-order valence-corrected chi connectivity index (χ3v) is 3.83. The molecule has 1 atom stereocenters. The molecule has 1 unspecified atom stereocenters. The van der Waals surface area contributed by atoms with Crippen LogP contribution in [0.5, 0.6) is 0 Å². The van der Waals surface area contributed by atoms with Crippen LogP contribution in [0.15, 0.2) is 42.6 Å². The Kier molecular flexibility index (Phi) is 2.62. The number of aromatic nitrogens is 2. The number of anilines is 2. The van der Waals surface area contributed by atoms with Gasteiger partial charge in [-0.15, -0.1) is 0 Å². The van der Waals surface area contributed by atoms with E-state index in [1.54, 1.807) is 18.3 Å². The first-order valence-corrected chi connectivity index (χ1v) is 6.88. The van der Waals surface area contributed by atoms with Crippen LogP contribution in [0.2, 0.25) is 5.02 Å². The average Bonchev–Trinajstić information content (AvgIpc) is 3.04. The van der Waals surface area contributed by atoms with Crippen molar-refractivity contribution in [2.75, 3.05) is 10.6 Å². The van der Waals surface area contributed by atoms with E-state index in [-0.39, 0.29) is 5.91 Å². The predicted octanol–water partition coefficient (Wildman–Crippen LogP) is 3.32. The Bertz CT molecular complexity index is 858. The van der Waals surface area contributed by atoms with Crippen LogP contribution in [0.25, 0.3) is 10.9 Å². The highest BCUT2D eigenvalue weighted by molar-refractivity contribution is 6.31. The summed E-state index contributed by atoms with van der Waals surface area (Å²) in [6.07, 6.45) is 1.76. The van der Waals surface area contributed by atoms with Crippen LogP contribution in [-0.4, -0.2) is 16.1 Å². The Morgan fingerprint density at radius 2 is 2.10 bits per heavy atom. The maximum atomic E-state index is 12.1. The molecule has 2 heterocycles. The molecule has 3 aromatic rings. The van der Waals surface area contributed by atoms with Gasteiger partial charge in [0.15, 0.2) is 0 Å². The first-order chi connectivity index (χ1) is 10.2. The molecule has 0 bridgehead atoms. The number of amides is 1. The lowest BCUT2D eigenvalue weighted by atomic mass is 10.1. The van der Waals surface area contributed by atoms with E-state index in [2.05, 4.69) is 20.8 Å². The molecule has 4 rings (SSSR count). The van der Waals surface area contributed by atoms with Crippen molar-refractivity contribution in [3.8, 4) is 0 Å². The van der Waals surface area contributed by atoms with E-state index < -0.39 is 6.04 Å². The van der Waals surface area contributed by atoms with Gasteiger partial charge in [-0.05, 0) is 36.4 Å². The maximum absolute atomic E-state index is 12.1. The van der Waals surface area contributed by atoms with Crippen molar-refractivity contribution in [2.45, 2.75) is 6.04 Å². The van der Waals surface area contributed by atoms with E-state index >= 15 is 0 Å². The number of nitrogens with one attached hydrogen (secondary N) is 3. The summed E-state index contributed by atoms with van der Waals surface area (Å²) in [4.78, 5) is 12.1. The fourth-order valence-electron chi connectivity index (χ4n) is 2.57. The van der Waals surface area contributed by atoms with Crippen molar-refractivity contribution in [3.05, 3.63) is 53.2 Å². The molecule has 0 radical (unpaired) electrons. The fraction of sp³-hybridized carbons (Fsp3) is 0.0667. The second kappa shape index (κ2) is 4.49. The van der Waals surface area contributed by atoms with E-state index in [0.717, 1.165) is 27.8 Å². The van der Waals surface area contributed by atoms with Gasteiger partial charge in [0.25, 0.3) is 5.91 Å². The van der Waals surface area contributed by atoms with Gasteiger partial charge in [-0.2, -0.15) is 5.10 Å². The molecule has 1 aliphatic heterocycles. The molecule has 2 aromatic carbocycles. The lowest BCUT2D eigenvalue weighted by Gasteiger charge is -2.13. The number of hydrogen-bond acceptors (Lipinski definition) is 3. The zero-order valence-electron chi connectivity index (χ0n) is 10.9. The van der Waals surface area contributed by atoms with Gasteiger partial charge in [-0.3, -0.25) is 9.89 Å². The van der Waals surface area contributed by atoms with Crippen LogP contribution in [0, 0.1) is 0 Å². The summed E-state index contributed by atoms with van der Waals surface area (Å²) < 4.78 is 0. The first-order valence-electron chi connectivity index (χ1n) is 6.51. The van der Waals surface area contributed by atoms with Gasteiger partial charge < -0.3 is 10.6 Å². The van der Waals surface area contributed by atoms with Crippen LogP contribution in [0.1, 0.15) is 11.6 Å². The Balaban J connectivity index is 1.70. The number of nitrogens with zero attached hydrogens (tertiary/aromatic N) is 1. The smallest absolute Gasteiger partial charge is 0.251 e. The first kappa shape index (κ1) is 12.2. The number of carbonyl (C=O) groups excluding carboxylic acids is 1. The number of rotatable bonds is 2. The Labute approximate surface area is 125 Å². The van der Waals surface area contributed by atoms with Gasteiger partial charge >= 0.3 is 0 Å². The van der Waals surface area contributed by atoms with Crippen LogP contribution in [-0.2, 0) is 4.79 Å². The SMILES string of the molecule is O=C1Nc2ccc(Cl)cc2C1Nc1ccc2cn[nH]c2c1. The van der Waals surface area contributed by atoms with Crippen LogP contribution >= 0.6 is 11.6 Å². The highest BCUT2D eigenvalue weighted by Crippen LogP contribution is 2.35. The minimum atomic E-state index is -0.445. The molecule has 0 aliphatic carbocycles. The van der Waals surface area contributed by atoms with E-state index in [0.29, 0.717) is 5.02 Å². The van der Waals surface area contributed by atoms with Crippen molar-refractivity contribution >= 4 is 39.8 Å². The molecular formula is C15H11ClN4O. The van der Waals surface area contributed by atoms with E-state index in [9.17, 15) is 4.79 Å². The molecule has 3 N–H and O–H groups in total. The highest BCUT2D eigenvalue weighted by atomic mass is 35.5. The summed E-state index contributed by atoms with van der Waals surface area (Å²) in [6.45, 7) is 0. The molecule has 104 valence electrons. The van der Waals surface area contributed by atoms with Gasteiger partial charge in [0.2, 0.25) is 0 Å². The zero-order chi connectivity index (χ0) is 14.4. The minimum Gasteiger partial charge on any atom is -0.370 e. The second-order valence-electron chi connectivity index (χ2n) is 4.97. The van der Waals surface area contributed by atoms with E-state index in [1.165, 1.54) is 0 Å². The van der Waals surface area contributed by atoms with Gasteiger partial charge in [0.1, 0.15) is 6.04 Å². The van der Waals surface area contributed by atoms with Gasteiger partial charge in [0.05, 0.1) is 11.7 Å². The van der Waals surface area contributed by atoms with Crippen molar-refractivity contribution in [2.24, 2.45) is 0 Å².